The largest absolute Gasteiger partial charge is 0.480 e. The first-order valence-corrected chi connectivity index (χ1v) is 7.30. The first-order chi connectivity index (χ1) is 11.1. The molecule has 0 spiro atoms. The van der Waals surface area contributed by atoms with Gasteiger partial charge in [-0.25, -0.2) is 9.48 Å². The van der Waals surface area contributed by atoms with Crippen molar-refractivity contribution in [3.8, 4) is 5.69 Å². The average molecular weight is 315 g/mol. The lowest BCUT2D eigenvalue weighted by molar-refractivity contribution is -0.147. The normalized spacial score (nSPS) is 18.0. The van der Waals surface area contributed by atoms with Crippen molar-refractivity contribution in [3.63, 3.8) is 0 Å². The number of hydrogen-bond donors (Lipinski definition) is 1. The Balaban J connectivity index is 1.87. The van der Waals surface area contributed by atoms with Crippen LogP contribution in [-0.2, 0) is 9.53 Å². The van der Waals surface area contributed by atoms with Crippen molar-refractivity contribution in [2.24, 2.45) is 0 Å². The molecule has 1 saturated heterocycles. The van der Waals surface area contributed by atoms with Gasteiger partial charge in [0, 0.05) is 24.5 Å². The second kappa shape index (κ2) is 6.21. The van der Waals surface area contributed by atoms with E-state index in [1.165, 1.54) is 4.90 Å². The lowest BCUT2D eigenvalue weighted by Gasteiger charge is -2.33. The quantitative estimate of drug-likeness (QED) is 0.917. The van der Waals surface area contributed by atoms with E-state index in [1.54, 1.807) is 23.0 Å². The number of carboxylic acid groups (broad SMARTS) is 1. The van der Waals surface area contributed by atoms with Crippen molar-refractivity contribution < 1.29 is 19.4 Å². The van der Waals surface area contributed by atoms with Gasteiger partial charge >= 0.3 is 5.97 Å². The fourth-order valence-electron chi connectivity index (χ4n) is 2.67. The molecule has 1 amide bonds. The summed E-state index contributed by atoms with van der Waals surface area (Å²) in [4.78, 5) is 25.3. The SMILES string of the molecule is Cc1cc(C(=O)N2CCOCC2C(=O)O)ccc1-n1cccn1. The minimum atomic E-state index is -1.05. The maximum atomic E-state index is 12.6. The van der Waals surface area contributed by atoms with E-state index >= 15 is 0 Å². The topological polar surface area (TPSA) is 84.7 Å². The Morgan fingerprint density at radius 2 is 2.22 bits per heavy atom. The molecule has 0 aliphatic carbocycles. The molecule has 3 rings (SSSR count). The van der Waals surface area contributed by atoms with E-state index in [2.05, 4.69) is 5.10 Å². The third-order valence-corrected chi connectivity index (χ3v) is 3.87. The molecular weight excluding hydrogens is 298 g/mol. The van der Waals surface area contributed by atoms with E-state index in [0.29, 0.717) is 12.2 Å². The third-order valence-electron chi connectivity index (χ3n) is 3.87. The van der Waals surface area contributed by atoms with Gasteiger partial charge < -0.3 is 14.7 Å². The van der Waals surface area contributed by atoms with Crippen LogP contribution in [0.3, 0.4) is 0 Å². The molecule has 1 fully saturated rings. The highest BCUT2D eigenvalue weighted by Crippen LogP contribution is 2.18. The zero-order chi connectivity index (χ0) is 16.4. The zero-order valence-electron chi connectivity index (χ0n) is 12.7. The maximum absolute atomic E-state index is 12.6. The van der Waals surface area contributed by atoms with E-state index in [9.17, 15) is 14.7 Å². The van der Waals surface area contributed by atoms with Crippen molar-refractivity contribution in [3.05, 3.63) is 47.8 Å². The van der Waals surface area contributed by atoms with Gasteiger partial charge in [0.15, 0.2) is 6.04 Å². The highest BCUT2D eigenvalue weighted by molar-refractivity contribution is 5.97. The molecule has 1 aliphatic heterocycles. The number of benzene rings is 1. The monoisotopic (exact) mass is 315 g/mol. The lowest BCUT2D eigenvalue weighted by atomic mass is 10.1. The van der Waals surface area contributed by atoms with Gasteiger partial charge in [0.05, 0.1) is 18.9 Å². The summed E-state index contributed by atoms with van der Waals surface area (Å²) in [5, 5.41) is 13.4. The Bertz CT molecular complexity index is 727. The number of amides is 1. The van der Waals surface area contributed by atoms with Crippen LogP contribution < -0.4 is 0 Å². The molecule has 7 heteroatoms. The minimum absolute atomic E-state index is 0.0193. The second-order valence-corrected chi connectivity index (χ2v) is 5.38. The van der Waals surface area contributed by atoms with Crippen LogP contribution in [0.4, 0.5) is 0 Å². The smallest absolute Gasteiger partial charge is 0.328 e. The highest BCUT2D eigenvalue weighted by atomic mass is 16.5. The Labute approximate surface area is 133 Å². The molecule has 7 nitrogen and oxygen atoms in total. The van der Waals surface area contributed by atoms with Gasteiger partial charge in [0.1, 0.15) is 0 Å². The van der Waals surface area contributed by atoms with Crippen molar-refractivity contribution in [1.82, 2.24) is 14.7 Å². The number of hydrogen-bond acceptors (Lipinski definition) is 4. The van der Waals surface area contributed by atoms with Crippen LogP contribution in [0, 0.1) is 6.92 Å². The Morgan fingerprint density at radius 3 is 2.87 bits per heavy atom. The maximum Gasteiger partial charge on any atom is 0.328 e. The molecular formula is C16H17N3O4. The van der Waals surface area contributed by atoms with Crippen LogP contribution in [0.25, 0.3) is 5.69 Å². The molecule has 23 heavy (non-hydrogen) atoms. The van der Waals surface area contributed by atoms with E-state index in [4.69, 9.17) is 4.74 Å². The highest BCUT2D eigenvalue weighted by Gasteiger charge is 2.33. The van der Waals surface area contributed by atoms with Crippen LogP contribution in [0.15, 0.2) is 36.7 Å². The van der Waals surface area contributed by atoms with Gasteiger partial charge in [0.2, 0.25) is 0 Å². The zero-order valence-corrected chi connectivity index (χ0v) is 12.7. The molecule has 1 aliphatic rings. The summed E-state index contributed by atoms with van der Waals surface area (Å²) in [5.74, 6) is -1.35. The van der Waals surface area contributed by atoms with Crippen molar-refractivity contribution >= 4 is 11.9 Å². The molecule has 2 heterocycles. The Kier molecular flexibility index (Phi) is 4.12. The summed E-state index contributed by atoms with van der Waals surface area (Å²) in [5.41, 5.74) is 2.23. The number of carbonyl (C=O) groups excluding carboxylic acids is 1. The number of carboxylic acids is 1. The number of aromatic nitrogens is 2. The predicted octanol–water partition coefficient (Wildman–Crippen LogP) is 1.11. The van der Waals surface area contributed by atoms with Gasteiger partial charge in [-0.05, 0) is 36.8 Å². The minimum Gasteiger partial charge on any atom is -0.480 e. The van der Waals surface area contributed by atoms with Crippen molar-refractivity contribution in [2.75, 3.05) is 19.8 Å². The molecule has 1 aromatic heterocycles. The van der Waals surface area contributed by atoms with Crippen LogP contribution in [0.1, 0.15) is 15.9 Å². The number of aryl methyl sites for hydroxylation is 1. The lowest BCUT2D eigenvalue weighted by Crippen LogP contribution is -2.52. The number of nitrogens with zero attached hydrogens (tertiary/aromatic N) is 3. The standard InChI is InChI=1S/C16H17N3O4/c1-11-9-12(3-4-13(11)19-6-2-5-17-19)15(20)18-7-8-23-10-14(18)16(21)22/h2-6,9,14H,7-8,10H2,1H3,(H,21,22). The molecule has 0 radical (unpaired) electrons. The molecule has 1 aromatic carbocycles. The number of ether oxygens (including phenoxy) is 1. The first-order valence-electron chi connectivity index (χ1n) is 7.30. The van der Waals surface area contributed by atoms with Crippen LogP contribution >= 0.6 is 0 Å². The summed E-state index contributed by atoms with van der Waals surface area (Å²) in [6, 6.07) is 6.14. The van der Waals surface area contributed by atoms with E-state index in [-0.39, 0.29) is 19.1 Å². The Morgan fingerprint density at radius 1 is 1.39 bits per heavy atom. The van der Waals surface area contributed by atoms with Crippen molar-refractivity contribution in [2.45, 2.75) is 13.0 Å². The Hall–Kier alpha value is -2.67. The van der Waals surface area contributed by atoms with Crippen LogP contribution in [0.2, 0.25) is 0 Å². The van der Waals surface area contributed by atoms with Gasteiger partial charge in [-0.1, -0.05) is 0 Å². The summed E-state index contributed by atoms with van der Waals surface area (Å²) in [6.45, 7) is 2.53. The van der Waals surface area contributed by atoms with E-state index in [0.717, 1.165) is 11.3 Å². The van der Waals surface area contributed by atoms with Gasteiger partial charge in [0.25, 0.3) is 5.91 Å². The van der Waals surface area contributed by atoms with Crippen LogP contribution in [0.5, 0.6) is 0 Å². The van der Waals surface area contributed by atoms with E-state index in [1.807, 2.05) is 25.3 Å². The molecule has 1 atom stereocenters. The average Bonchev–Trinajstić information content (AvgIpc) is 3.08. The molecule has 1 unspecified atom stereocenters. The molecule has 1 N–H and O–H groups in total. The van der Waals surface area contributed by atoms with Crippen molar-refractivity contribution in [1.29, 1.82) is 0 Å². The number of aliphatic carboxylic acids is 1. The van der Waals surface area contributed by atoms with Crippen LogP contribution in [-0.4, -0.2) is 57.5 Å². The summed E-state index contributed by atoms with van der Waals surface area (Å²) >= 11 is 0. The molecule has 0 saturated carbocycles. The molecule has 120 valence electrons. The summed E-state index contributed by atoms with van der Waals surface area (Å²) in [6.07, 6.45) is 3.51. The van der Waals surface area contributed by atoms with Gasteiger partial charge in [-0.2, -0.15) is 5.10 Å². The molecule has 0 bridgehead atoms. The third kappa shape index (κ3) is 2.95. The number of morpholine rings is 1. The van der Waals surface area contributed by atoms with Gasteiger partial charge in [-0.3, -0.25) is 4.79 Å². The number of rotatable bonds is 3. The summed E-state index contributed by atoms with van der Waals surface area (Å²) in [7, 11) is 0. The second-order valence-electron chi connectivity index (χ2n) is 5.38. The fraction of sp³-hybridized carbons (Fsp3) is 0.312. The van der Waals surface area contributed by atoms with Gasteiger partial charge in [-0.15, -0.1) is 0 Å². The fourth-order valence-corrected chi connectivity index (χ4v) is 2.67. The van der Waals surface area contributed by atoms with E-state index < -0.39 is 12.0 Å². The predicted molar refractivity (Wildman–Crippen MR) is 81.6 cm³/mol. The summed E-state index contributed by atoms with van der Waals surface area (Å²) < 4.78 is 6.89. The molecule has 2 aromatic rings. The first kappa shape index (κ1) is 15.2. The number of carbonyl (C=O) groups is 2.